The van der Waals surface area contributed by atoms with E-state index in [1.54, 1.807) is 7.11 Å². The molecule has 0 saturated heterocycles. The van der Waals surface area contributed by atoms with E-state index in [4.69, 9.17) is 4.74 Å². The molecule has 0 bridgehead atoms. The molecule has 3 aromatic heterocycles. The van der Waals surface area contributed by atoms with Gasteiger partial charge in [-0.2, -0.15) is 0 Å². The highest BCUT2D eigenvalue weighted by atomic mass is 32.1. The monoisotopic (exact) mass is 325 g/mol. The Hall–Kier alpha value is -2.93. The largest absolute Gasteiger partial charge is 0.497 e. The van der Waals surface area contributed by atoms with Crippen molar-refractivity contribution in [2.75, 3.05) is 7.11 Å². The van der Waals surface area contributed by atoms with Gasteiger partial charge in [0.25, 0.3) is 5.56 Å². The van der Waals surface area contributed by atoms with Crippen molar-refractivity contribution in [3.63, 3.8) is 0 Å². The zero-order chi connectivity index (χ0) is 16.0. The first-order valence-electron chi connectivity index (χ1n) is 6.86. The maximum atomic E-state index is 11.9. The van der Waals surface area contributed by atoms with E-state index in [2.05, 4.69) is 15.0 Å². The fourth-order valence-corrected chi connectivity index (χ4v) is 3.51. The molecule has 23 heavy (non-hydrogen) atoms. The molecule has 0 aliphatic rings. The summed E-state index contributed by atoms with van der Waals surface area (Å²) in [5.41, 5.74) is 1.38. The van der Waals surface area contributed by atoms with Gasteiger partial charge in [0.15, 0.2) is 0 Å². The molecule has 0 aliphatic heterocycles. The van der Waals surface area contributed by atoms with Crippen molar-refractivity contribution in [1.82, 2.24) is 15.0 Å². The average Bonchev–Trinajstić information content (AvgIpc) is 2.93. The fraction of sp³-hybridized carbons (Fsp3) is 0.0625. The Morgan fingerprint density at radius 1 is 1.04 bits per heavy atom. The van der Waals surface area contributed by atoms with Crippen LogP contribution in [-0.2, 0) is 0 Å². The molecule has 0 aliphatic carbocycles. The number of nitrogens with one attached hydrogen (secondary N) is 2. The Morgan fingerprint density at radius 2 is 1.83 bits per heavy atom. The molecule has 4 aromatic rings. The van der Waals surface area contributed by atoms with Gasteiger partial charge in [-0.15, -0.1) is 11.3 Å². The first kappa shape index (κ1) is 13.7. The number of nitrogens with zero attached hydrogens (tertiary/aromatic N) is 1. The molecule has 2 N–H and O–H groups in total. The fourth-order valence-electron chi connectivity index (χ4n) is 2.49. The number of thiophene rings is 1. The first-order valence-corrected chi connectivity index (χ1v) is 7.67. The number of hydrogen-bond donors (Lipinski definition) is 2. The second-order valence-corrected chi connectivity index (χ2v) is 5.99. The van der Waals surface area contributed by atoms with E-state index in [0.29, 0.717) is 15.0 Å². The van der Waals surface area contributed by atoms with Crippen molar-refractivity contribution in [2.45, 2.75) is 0 Å². The van der Waals surface area contributed by atoms with Crippen LogP contribution in [0.15, 0.2) is 46.0 Å². The number of pyridine rings is 1. The van der Waals surface area contributed by atoms with E-state index >= 15 is 0 Å². The zero-order valence-corrected chi connectivity index (χ0v) is 12.9. The van der Waals surface area contributed by atoms with E-state index in [1.165, 1.54) is 11.3 Å². The van der Waals surface area contributed by atoms with Crippen LogP contribution in [0, 0.1) is 0 Å². The lowest BCUT2D eigenvalue weighted by molar-refractivity contribution is 0.415. The summed E-state index contributed by atoms with van der Waals surface area (Å²) >= 11 is 1.26. The number of aromatic nitrogens is 3. The summed E-state index contributed by atoms with van der Waals surface area (Å²) in [5.74, 6) is 0.779. The summed E-state index contributed by atoms with van der Waals surface area (Å²) in [5, 5.41) is 0.769. The van der Waals surface area contributed by atoms with E-state index in [1.807, 2.05) is 36.4 Å². The van der Waals surface area contributed by atoms with Gasteiger partial charge in [0.2, 0.25) is 0 Å². The standard InChI is InChI=1S/C16H11N3O3S/c1-22-9-4-2-8(3-5-9)11-7-6-10-12-13(23-15(10)17-11)14(20)19-16(21)18-12/h2-7H,1H3,(H2,18,19,20,21). The van der Waals surface area contributed by atoms with Crippen LogP contribution in [0.25, 0.3) is 31.7 Å². The third kappa shape index (κ3) is 2.22. The lowest BCUT2D eigenvalue weighted by atomic mass is 10.1. The molecule has 4 rings (SSSR count). The minimum absolute atomic E-state index is 0.391. The minimum Gasteiger partial charge on any atom is -0.497 e. The SMILES string of the molecule is COc1ccc(-c2ccc3c(n2)sc2c(=O)[nH]c(=O)[nH]c23)cc1. The third-order valence-corrected chi connectivity index (χ3v) is 4.71. The maximum absolute atomic E-state index is 11.9. The van der Waals surface area contributed by atoms with Crippen LogP contribution in [0.3, 0.4) is 0 Å². The third-order valence-electron chi connectivity index (χ3n) is 3.61. The molecule has 7 heteroatoms. The van der Waals surface area contributed by atoms with Gasteiger partial charge in [0, 0.05) is 10.9 Å². The van der Waals surface area contributed by atoms with Crippen molar-refractivity contribution in [3.8, 4) is 17.0 Å². The Balaban J connectivity index is 1.94. The van der Waals surface area contributed by atoms with Gasteiger partial charge in [0.05, 0.1) is 18.3 Å². The lowest BCUT2D eigenvalue weighted by Crippen LogP contribution is -2.20. The normalized spacial score (nSPS) is 11.2. The predicted molar refractivity (Wildman–Crippen MR) is 90.4 cm³/mol. The topological polar surface area (TPSA) is 87.8 Å². The number of hydrogen-bond acceptors (Lipinski definition) is 5. The molecule has 1 aromatic carbocycles. The van der Waals surface area contributed by atoms with E-state index in [9.17, 15) is 9.59 Å². The van der Waals surface area contributed by atoms with Crippen LogP contribution in [0.2, 0.25) is 0 Å². The maximum Gasteiger partial charge on any atom is 0.326 e. The number of rotatable bonds is 2. The quantitative estimate of drug-likeness (QED) is 0.593. The number of methoxy groups -OCH3 is 1. The molecular weight excluding hydrogens is 314 g/mol. The summed E-state index contributed by atoms with van der Waals surface area (Å²) in [7, 11) is 1.62. The van der Waals surface area contributed by atoms with Crippen LogP contribution < -0.4 is 16.0 Å². The van der Waals surface area contributed by atoms with Gasteiger partial charge in [0.1, 0.15) is 15.3 Å². The molecule has 0 saturated carbocycles. The van der Waals surface area contributed by atoms with Crippen molar-refractivity contribution in [2.24, 2.45) is 0 Å². The Morgan fingerprint density at radius 3 is 2.57 bits per heavy atom. The lowest BCUT2D eigenvalue weighted by Gasteiger charge is -2.03. The summed E-state index contributed by atoms with van der Waals surface area (Å²) < 4.78 is 5.62. The summed E-state index contributed by atoms with van der Waals surface area (Å²) in [4.78, 5) is 33.6. The molecule has 0 amide bonds. The molecule has 0 atom stereocenters. The van der Waals surface area contributed by atoms with Crippen LogP contribution in [-0.4, -0.2) is 22.1 Å². The van der Waals surface area contributed by atoms with Gasteiger partial charge in [-0.1, -0.05) is 0 Å². The number of benzene rings is 1. The summed E-state index contributed by atoms with van der Waals surface area (Å²) in [6.45, 7) is 0. The van der Waals surface area contributed by atoms with Crippen LogP contribution in [0.1, 0.15) is 0 Å². The average molecular weight is 325 g/mol. The van der Waals surface area contributed by atoms with Crippen LogP contribution in [0.5, 0.6) is 5.75 Å². The molecule has 0 radical (unpaired) electrons. The molecule has 0 spiro atoms. The molecule has 0 fully saturated rings. The molecule has 114 valence electrons. The van der Waals surface area contributed by atoms with Crippen molar-refractivity contribution >= 4 is 31.8 Å². The van der Waals surface area contributed by atoms with Gasteiger partial charge in [-0.05, 0) is 36.4 Å². The number of H-pyrrole nitrogens is 2. The Bertz CT molecular complexity index is 1140. The second-order valence-electron chi connectivity index (χ2n) is 4.99. The van der Waals surface area contributed by atoms with Gasteiger partial charge in [-0.3, -0.25) is 9.78 Å². The number of aromatic amines is 2. The molecule has 3 heterocycles. The van der Waals surface area contributed by atoms with Crippen molar-refractivity contribution < 1.29 is 4.74 Å². The molecule has 6 nitrogen and oxygen atoms in total. The number of fused-ring (bicyclic) bond motifs is 3. The zero-order valence-electron chi connectivity index (χ0n) is 12.0. The predicted octanol–water partition coefficient (Wildman–Crippen LogP) is 2.50. The highest BCUT2D eigenvalue weighted by molar-refractivity contribution is 7.25. The second kappa shape index (κ2) is 5.06. The highest BCUT2D eigenvalue weighted by Gasteiger charge is 2.11. The summed E-state index contributed by atoms with van der Waals surface area (Å²) in [6.07, 6.45) is 0. The minimum atomic E-state index is -0.513. The van der Waals surface area contributed by atoms with E-state index in [0.717, 1.165) is 22.4 Å². The Kier molecular flexibility index (Phi) is 3.02. The van der Waals surface area contributed by atoms with Gasteiger partial charge in [-0.25, -0.2) is 9.78 Å². The summed E-state index contributed by atoms with van der Waals surface area (Å²) in [6, 6.07) is 11.3. The highest BCUT2D eigenvalue weighted by Crippen LogP contribution is 2.31. The van der Waals surface area contributed by atoms with Crippen LogP contribution >= 0.6 is 11.3 Å². The molecule has 0 unspecified atom stereocenters. The van der Waals surface area contributed by atoms with E-state index < -0.39 is 11.2 Å². The van der Waals surface area contributed by atoms with Crippen molar-refractivity contribution in [1.29, 1.82) is 0 Å². The Labute approximate surface area is 133 Å². The van der Waals surface area contributed by atoms with Gasteiger partial charge < -0.3 is 9.72 Å². The van der Waals surface area contributed by atoms with Crippen molar-refractivity contribution in [3.05, 3.63) is 57.2 Å². The van der Waals surface area contributed by atoms with Gasteiger partial charge >= 0.3 is 5.69 Å². The first-order chi connectivity index (χ1) is 11.2. The smallest absolute Gasteiger partial charge is 0.326 e. The van der Waals surface area contributed by atoms with E-state index in [-0.39, 0.29) is 0 Å². The molecular formula is C16H11N3O3S. The van der Waals surface area contributed by atoms with Crippen LogP contribution in [0.4, 0.5) is 0 Å². The number of ether oxygens (including phenoxy) is 1.